The fourth-order valence-electron chi connectivity index (χ4n) is 2.42. The van der Waals surface area contributed by atoms with Gasteiger partial charge in [0.1, 0.15) is 5.75 Å². The Bertz CT molecular complexity index is 565. The predicted octanol–water partition coefficient (Wildman–Crippen LogP) is 4.63. The summed E-state index contributed by atoms with van der Waals surface area (Å²) in [5.74, 6) is 0.958. The summed E-state index contributed by atoms with van der Waals surface area (Å²) in [5, 5.41) is 3.58. The smallest absolute Gasteiger partial charge is 0.119 e. The molecule has 0 aromatic heterocycles. The van der Waals surface area contributed by atoms with Gasteiger partial charge in [-0.05, 0) is 49.1 Å². The molecule has 2 rings (SSSR count). The molecule has 0 amide bonds. The van der Waals surface area contributed by atoms with Crippen LogP contribution < -0.4 is 10.1 Å². The SMILES string of the molecule is CCCOc1cccc(CN[C@H](C)c2ccccc2C)c1. The lowest BCUT2D eigenvalue weighted by Crippen LogP contribution is -2.18. The van der Waals surface area contributed by atoms with Gasteiger partial charge in [0, 0.05) is 12.6 Å². The number of hydrogen-bond acceptors (Lipinski definition) is 2. The molecule has 2 aromatic carbocycles. The first-order valence-corrected chi connectivity index (χ1v) is 7.71. The van der Waals surface area contributed by atoms with E-state index in [0.717, 1.165) is 25.3 Å². The Morgan fingerprint density at radius 3 is 2.67 bits per heavy atom. The third kappa shape index (κ3) is 4.61. The van der Waals surface area contributed by atoms with E-state index in [1.54, 1.807) is 0 Å². The Labute approximate surface area is 128 Å². The molecule has 2 nitrogen and oxygen atoms in total. The molecular weight excluding hydrogens is 258 g/mol. The van der Waals surface area contributed by atoms with Crippen molar-refractivity contribution in [1.29, 1.82) is 0 Å². The summed E-state index contributed by atoms with van der Waals surface area (Å²) in [5.41, 5.74) is 3.94. The molecule has 0 heterocycles. The summed E-state index contributed by atoms with van der Waals surface area (Å²) < 4.78 is 5.68. The van der Waals surface area contributed by atoms with Crippen molar-refractivity contribution in [2.75, 3.05) is 6.61 Å². The average molecular weight is 283 g/mol. The molecule has 0 spiro atoms. The molecular formula is C19H25NO. The van der Waals surface area contributed by atoms with E-state index in [0.29, 0.717) is 6.04 Å². The van der Waals surface area contributed by atoms with E-state index in [-0.39, 0.29) is 0 Å². The molecule has 1 atom stereocenters. The molecule has 0 aliphatic rings. The average Bonchev–Trinajstić information content (AvgIpc) is 2.51. The lowest BCUT2D eigenvalue weighted by molar-refractivity contribution is 0.317. The van der Waals surface area contributed by atoms with Crippen molar-refractivity contribution in [3.63, 3.8) is 0 Å². The van der Waals surface area contributed by atoms with Crippen LogP contribution in [0.5, 0.6) is 5.75 Å². The van der Waals surface area contributed by atoms with Crippen molar-refractivity contribution >= 4 is 0 Å². The van der Waals surface area contributed by atoms with Crippen molar-refractivity contribution in [3.8, 4) is 5.75 Å². The summed E-state index contributed by atoms with van der Waals surface area (Å²) in [6, 6.07) is 17.2. The van der Waals surface area contributed by atoms with Gasteiger partial charge in [0.05, 0.1) is 6.61 Å². The molecule has 0 saturated heterocycles. The first-order chi connectivity index (χ1) is 10.2. The quantitative estimate of drug-likeness (QED) is 0.799. The largest absolute Gasteiger partial charge is 0.494 e. The van der Waals surface area contributed by atoms with Gasteiger partial charge in [-0.3, -0.25) is 0 Å². The zero-order chi connectivity index (χ0) is 15.1. The lowest BCUT2D eigenvalue weighted by Gasteiger charge is -2.17. The van der Waals surface area contributed by atoms with Crippen LogP contribution in [0.4, 0.5) is 0 Å². The molecule has 112 valence electrons. The van der Waals surface area contributed by atoms with E-state index in [2.05, 4.69) is 68.6 Å². The number of aryl methyl sites for hydroxylation is 1. The van der Waals surface area contributed by atoms with E-state index in [4.69, 9.17) is 4.74 Å². The van der Waals surface area contributed by atoms with Gasteiger partial charge < -0.3 is 10.1 Å². The van der Waals surface area contributed by atoms with Crippen molar-refractivity contribution < 1.29 is 4.74 Å². The minimum absolute atomic E-state index is 0.339. The maximum absolute atomic E-state index is 5.68. The van der Waals surface area contributed by atoms with Gasteiger partial charge in [-0.15, -0.1) is 0 Å². The highest BCUT2D eigenvalue weighted by Gasteiger charge is 2.07. The highest BCUT2D eigenvalue weighted by atomic mass is 16.5. The van der Waals surface area contributed by atoms with Crippen LogP contribution in [0.15, 0.2) is 48.5 Å². The fourth-order valence-corrected chi connectivity index (χ4v) is 2.42. The Morgan fingerprint density at radius 2 is 1.90 bits per heavy atom. The van der Waals surface area contributed by atoms with E-state index >= 15 is 0 Å². The van der Waals surface area contributed by atoms with Gasteiger partial charge in [0.2, 0.25) is 0 Å². The molecule has 0 saturated carbocycles. The van der Waals surface area contributed by atoms with Crippen LogP contribution in [0.2, 0.25) is 0 Å². The van der Waals surface area contributed by atoms with Crippen LogP contribution in [-0.2, 0) is 6.54 Å². The highest BCUT2D eigenvalue weighted by molar-refractivity contribution is 5.30. The van der Waals surface area contributed by atoms with Gasteiger partial charge in [-0.25, -0.2) is 0 Å². The summed E-state index contributed by atoms with van der Waals surface area (Å²) >= 11 is 0. The number of ether oxygens (including phenoxy) is 1. The molecule has 0 bridgehead atoms. The van der Waals surface area contributed by atoms with Gasteiger partial charge in [0.25, 0.3) is 0 Å². The summed E-state index contributed by atoms with van der Waals surface area (Å²) in [4.78, 5) is 0. The molecule has 2 heteroatoms. The maximum Gasteiger partial charge on any atom is 0.119 e. The van der Waals surface area contributed by atoms with E-state index in [1.165, 1.54) is 16.7 Å². The number of rotatable bonds is 7. The van der Waals surface area contributed by atoms with Gasteiger partial charge in [-0.1, -0.05) is 43.3 Å². The number of benzene rings is 2. The first-order valence-electron chi connectivity index (χ1n) is 7.71. The van der Waals surface area contributed by atoms with Crippen LogP contribution in [0.25, 0.3) is 0 Å². The predicted molar refractivity (Wildman–Crippen MR) is 88.7 cm³/mol. The van der Waals surface area contributed by atoms with Gasteiger partial charge >= 0.3 is 0 Å². The molecule has 0 radical (unpaired) electrons. The van der Waals surface area contributed by atoms with Crippen LogP contribution in [0, 0.1) is 6.92 Å². The summed E-state index contributed by atoms with van der Waals surface area (Å²) in [6.45, 7) is 8.11. The number of nitrogens with one attached hydrogen (secondary N) is 1. The standard InChI is InChI=1S/C19H25NO/c1-4-12-21-18-10-7-9-17(13-18)14-20-16(3)19-11-6-5-8-15(19)2/h5-11,13,16,20H,4,12,14H2,1-3H3/t16-/m1/s1. The van der Waals surface area contributed by atoms with E-state index in [9.17, 15) is 0 Å². The normalized spacial score (nSPS) is 12.1. The lowest BCUT2D eigenvalue weighted by atomic mass is 10.0. The van der Waals surface area contributed by atoms with E-state index < -0.39 is 0 Å². The Morgan fingerprint density at radius 1 is 1.10 bits per heavy atom. The van der Waals surface area contributed by atoms with Crippen LogP contribution in [0.3, 0.4) is 0 Å². The van der Waals surface area contributed by atoms with Crippen molar-refractivity contribution in [2.45, 2.75) is 39.8 Å². The van der Waals surface area contributed by atoms with Crippen LogP contribution >= 0.6 is 0 Å². The zero-order valence-electron chi connectivity index (χ0n) is 13.2. The van der Waals surface area contributed by atoms with Crippen LogP contribution in [0.1, 0.15) is 43.0 Å². The highest BCUT2D eigenvalue weighted by Crippen LogP contribution is 2.18. The Hall–Kier alpha value is -1.80. The molecule has 1 N–H and O–H groups in total. The summed E-state index contributed by atoms with van der Waals surface area (Å²) in [6.07, 6.45) is 1.03. The van der Waals surface area contributed by atoms with Crippen molar-refractivity contribution in [1.82, 2.24) is 5.32 Å². The third-order valence-electron chi connectivity index (χ3n) is 3.64. The fraction of sp³-hybridized carbons (Fsp3) is 0.368. The molecule has 0 aliphatic carbocycles. The molecule has 21 heavy (non-hydrogen) atoms. The minimum Gasteiger partial charge on any atom is -0.494 e. The van der Waals surface area contributed by atoms with Gasteiger partial charge in [0.15, 0.2) is 0 Å². The first kappa shape index (κ1) is 15.6. The maximum atomic E-state index is 5.68. The Kier molecular flexibility index (Phi) is 5.82. The zero-order valence-corrected chi connectivity index (χ0v) is 13.2. The van der Waals surface area contributed by atoms with Crippen LogP contribution in [-0.4, -0.2) is 6.61 Å². The van der Waals surface area contributed by atoms with Crippen molar-refractivity contribution in [2.24, 2.45) is 0 Å². The third-order valence-corrected chi connectivity index (χ3v) is 3.64. The molecule has 0 unspecified atom stereocenters. The topological polar surface area (TPSA) is 21.3 Å². The minimum atomic E-state index is 0.339. The summed E-state index contributed by atoms with van der Waals surface area (Å²) in [7, 11) is 0. The second-order valence-corrected chi connectivity index (χ2v) is 5.46. The molecule has 2 aromatic rings. The number of hydrogen-bond donors (Lipinski definition) is 1. The molecule has 0 fully saturated rings. The second kappa shape index (κ2) is 7.84. The van der Waals surface area contributed by atoms with E-state index in [1.807, 2.05) is 6.07 Å². The monoisotopic (exact) mass is 283 g/mol. The second-order valence-electron chi connectivity index (χ2n) is 5.46. The van der Waals surface area contributed by atoms with Crippen molar-refractivity contribution in [3.05, 3.63) is 65.2 Å². The molecule has 0 aliphatic heterocycles. The Balaban J connectivity index is 1.95. The van der Waals surface area contributed by atoms with Gasteiger partial charge in [-0.2, -0.15) is 0 Å².